The summed E-state index contributed by atoms with van der Waals surface area (Å²) in [5, 5.41) is 42.2. The highest BCUT2D eigenvalue weighted by Gasteiger charge is 2.51. The zero-order chi connectivity index (χ0) is 17.1. The van der Waals surface area contributed by atoms with E-state index in [2.05, 4.69) is 13.8 Å². The molecule has 0 fully saturated rings. The second-order valence-corrected chi connectivity index (χ2v) is 6.67. The third kappa shape index (κ3) is 6.95. The van der Waals surface area contributed by atoms with E-state index < -0.39 is 17.5 Å². The third-order valence-corrected chi connectivity index (χ3v) is 4.62. The Labute approximate surface area is 136 Å². The van der Waals surface area contributed by atoms with Crippen molar-refractivity contribution in [2.24, 2.45) is 0 Å². The van der Waals surface area contributed by atoms with E-state index in [0.717, 1.165) is 44.9 Å². The fourth-order valence-electron chi connectivity index (χ4n) is 2.94. The molecule has 22 heavy (non-hydrogen) atoms. The predicted octanol–water partition coefficient (Wildman–Crippen LogP) is 3.50. The van der Waals surface area contributed by atoms with Crippen LogP contribution in [0, 0.1) is 0 Å². The molecule has 134 valence electrons. The molecular formula is C18H38O4. The highest BCUT2D eigenvalue weighted by atomic mass is 16.5. The molecule has 0 aliphatic carbocycles. The summed E-state index contributed by atoms with van der Waals surface area (Å²) in [4.78, 5) is 0. The van der Waals surface area contributed by atoms with Gasteiger partial charge in [-0.3, -0.25) is 0 Å². The number of rotatable bonds is 14. The molecule has 0 saturated carbocycles. The van der Waals surface area contributed by atoms with Crippen molar-refractivity contribution in [3.63, 3.8) is 0 Å². The normalized spacial score (nSPS) is 16.5. The van der Waals surface area contributed by atoms with Crippen LogP contribution >= 0.6 is 0 Å². The third-order valence-electron chi connectivity index (χ3n) is 4.62. The summed E-state index contributed by atoms with van der Waals surface area (Å²) in [6.07, 6.45) is 7.54. The minimum atomic E-state index is -2.22. The highest BCUT2D eigenvalue weighted by Crippen LogP contribution is 2.35. The summed E-state index contributed by atoms with van der Waals surface area (Å²) in [6, 6.07) is 0. The van der Waals surface area contributed by atoms with Gasteiger partial charge in [0.15, 0.2) is 5.79 Å². The van der Waals surface area contributed by atoms with Crippen LogP contribution in [0.5, 0.6) is 0 Å². The smallest absolute Gasteiger partial charge is 0.194 e. The summed E-state index contributed by atoms with van der Waals surface area (Å²) in [7, 11) is 0. The van der Waals surface area contributed by atoms with Gasteiger partial charge in [0.25, 0.3) is 0 Å². The Bertz CT molecular complexity index is 268. The highest BCUT2D eigenvalue weighted by molar-refractivity contribution is 4.97. The van der Waals surface area contributed by atoms with E-state index in [1.165, 1.54) is 0 Å². The summed E-state index contributed by atoms with van der Waals surface area (Å²) in [6.45, 7) is 6.18. The molecule has 2 atom stereocenters. The van der Waals surface area contributed by atoms with Crippen molar-refractivity contribution in [3.8, 4) is 0 Å². The topological polar surface area (TPSA) is 80.9 Å². The molecule has 0 aromatic heterocycles. The van der Waals surface area contributed by atoms with E-state index in [4.69, 9.17) is 0 Å². The lowest BCUT2D eigenvalue weighted by Gasteiger charge is -2.43. The number of aliphatic hydroxyl groups excluding tert-OH is 1. The molecule has 0 spiro atoms. The standard InChI is InChI=1S/C18H38O4/c1-4-7-10-13-16(19)17(20,14-11-8-5-2)18(21,22)15-12-9-6-3/h16,19-22H,4-15H2,1-3H3. The van der Waals surface area contributed by atoms with Crippen molar-refractivity contribution >= 4 is 0 Å². The van der Waals surface area contributed by atoms with Crippen LogP contribution in [0.4, 0.5) is 0 Å². The fraction of sp³-hybridized carbons (Fsp3) is 1.00. The maximum Gasteiger partial charge on any atom is 0.194 e. The van der Waals surface area contributed by atoms with Gasteiger partial charge in [0.1, 0.15) is 5.60 Å². The Kier molecular flexibility index (Phi) is 11.3. The first kappa shape index (κ1) is 21.8. The van der Waals surface area contributed by atoms with Gasteiger partial charge < -0.3 is 20.4 Å². The monoisotopic (exact) mass is 318 g/mol. The van der Waals surface area contributed by atoms with Gasteiger partial charge in [-0.05, 0) is 19.3 Å². The summed E-state index contributed by atoms with van der Waals surface area (Å²) in [5.74, 6) is -2.22. The lowest BCUT2D eigenvalue weighted by atomic mass is 9.78. The van der Waals surface area contributed by atoms with Crippen molar-refractivity contribution in [1.82, 2.24) is 0 Å². The van der Waals surface area contributed by atoms with Gasteiger partial charge in [0.2, 0.25) is 0 Å². The van der Waals surface area contributed by atoms with Crippen LogP contribution in [0.3, 0.4) is 0 Å². The number of hydrogen-bond donors (Lipinski definition) is 4. The van der Waals surface area contributed by atoms with Crippen LogP contribution in [0.1, 0.15) is 97.8 Å². The zero-order valence-electron chi connectivity index (χ0n) is 14.9. The van der Waals surface area contributed by atoms with Gasteiger partial charge in [-0.25, -0.2) is 0 Å². The molecule has 0 aliphatic rings. The Hall–Kier alpha value is -0.160. The van der Waals surface area contributed by atoms with Crippen molar-refractivity contribution in [3.05, 3.63) is 0 Å². The van der Waals surface area contributed by atoms with Crippen LogP contribution < -0.4 is 0 Å². The number of hydrogen-bond acceptors (Lipinski definition) is 4. The Morgan fingerprint density at radius 3 is 1.64 bits per heavy atom. The fourth-order valence-corrected chi connectivity index (χ4v) is 2.94. The van der Waals surface area contributed by atoms with Crippen LogP contribution in [0.2, 0.25) is 0 Å². The van der Waals surface area contributed by atoms with Crippen molar-refractivity contribution in [2.45, 2.75) is 115 Å². The molecular weight excluding hydrogens is 280 g/mol. The molecule has 0 rings (SSSR count). The maximum absolute atomic E-state index is 10.9. The van der Waals surface area contributed by atoms with E-state index in [0.29, 0.717) is 19.3 Å². The molecule has 0 saturated heterocycles. The second-order valence-electron chi connectivity index (χ2n) is 6.67. The van der Waals surface area contributed by atoms with Crippen LogP contribution in [0.15, 0.2) is 0 Å². The van der Waals surface area contributed by atoms with E-state index in [1.54, 1.807) is 0 Å². The van der Waals surface area contributed by atoms with Crippen molar-refractivity contribution < 1.29 is 20.4 Å². The van der Waals surface area contributed by atoms with Crippen LogP contribution in [0.25, 0.3) is 0 Å². The molecule has 4 N–H and O–H groups in total. The second kappa shape index (κ2) is 11.4. The van der Waals surface area contributed by atoms with E-state index in [9.17, 15) is 20.4 Å². The first-order valence-corrected chi connectivity index (χ1v) is 9.20. The van der Waals surface area contributed by atoms with Gasteiger partial charge in [0.05, 0.1) is 6.10 Å². The summed E-state index contributed by atoms with van der Waals surface area (Å²) >= 11 is 0. The van der Waals surface area contributed by atoms with Gasteiger partial charge >= 0.3 is 0 Å². The van der Waals surface area contributed by atoms with Crippen LogP contribution in [-0.4, -0.2) is 37.9 Å². The molecule has 0 aliphatic heterocycles. The number of aliphatic hydroxyl groups is 4. The molecule has 0 heterocycles. The molecule has 0 radical (unpaired) electrons. The molecule has 4 heteroatoms. The SMILES string of the molecule is CCCCCC(O)C(O)(CCCCC)C(O)(O)CCCCC. The van der Waals surface area contributed by atoms with Gasteiger partial charge in [-0.1, -0.05) is 72.1 Å². The maximum atomic E-state index is 10.9. The van der Waals surface area contributed by atoms with Gasteiger partial charge in [0, 0.05) is 6.42 Å². The first-order valence-electron chi connectivity index (χ1n) is 9.20. The van der Waals surface area contributed by atoms with E-state index in [1.807, 2.05) is 6.92 Å². The first-order chi connectivity index (χ1) is 10.4. The van der Waals surface area contributed by atoms with E-state index >= 15 is 0 Å². The minimum Gasteiger partial charge on any atom is -0.390 e. The quantitative estimate of drug-likeness (QED) is 0.292. The van der Waals surface area contributed by atoms with Crippen LogP contribution in [-0.2, 0) is 0 Å². The zero-order valence-corrected chi connectivity index (χ0v) is 14.9. The Morgan fingerprint density at radius 2 is 1.14 bits per heavy atom. The molecule has 0 bridgehead atoms. The number of unbranched alkanes of at least 4 members (excludes halogenated alkanes) is 6. The minimum absolute atomic E-state index is 0.105. The predicted molar refractivity (Wildman–Crippen MR) is 90.6 cm³/mol. The van der Waals surface area contributed by atoms with Crippen molar-refractivity contribution in [2.75, 3.05) is 0 Å². The lowest BCUT2D eigenvalue weighted by Crippen LogP contribution is -2.61. The van der Waals surface area contributed by atoms with Crippen molar-refractivity contribution in [1.29, 1.82) is 0 Å². The van der Waals surface area contributed by atoms with Gasteiger partial charge in [-0.15, -0.1) is 0 Å². The lowest BCUT2D eigenvalue weighted by molar-refractivity contribution is -0.308. The molecule has 0 aromatic carbocycles. The van der Waals surface area contributed by atoms with Gasteiger partial charge in [-0.2, -0.15) is 0 Å². The molecule has 0 aromatic rings. The average molecular weight is 318 g/mol. The molecule has 2 unspecified atom stereocenters. The molecule has 0 amide bonds. The van der Waals surface area contributed by atoms with E-state index in [-0.39, 0.29) is 12.8 Å². The Morgan fingerprint density at radius 1 is 0.682 bits per heavy atom. The largest absolute Gasteiger partial charge is 0.390 e. The molecule has 4 nitrogen and oxygen atoms in total. The average Bonchev–Trinajstić information content (AvgIpc) is 2.47. The summed E-state index contributed by atoms with van der Waals surface area (Å²) < 4.78 is 0. The Balaban J connectivity index is 4.87. The summed E-state index contributed by atoms with van der Waals surface area (Å²) in [5.41, 5.74) is -1.83.